The van der Waals surface area contributed by atoms with E-state index in [1.807, 2.05) is 115 Å². The molecule has 0 aromatic heterocycles. The summed E-state index contributed by atoms with van der Waals surface area (Å²) in [6.45, 7) is 15.2. The van der Waals surface area contributed by atoms with Gasteiger partial charge in [-0.05, 0) is 19.1 Å². The second-order valence-corrected chi connectivity index (χ2v) is 5.17. The van der Waals surface area contributed by atoms with Gasteiger partial charge in [0, 0.05) is 65.8 Å². The summed E-state index contributed by atoms with van der Waals surface area (Å²) in [4.78, 5) is 20.2. The number of phenols is 1. The van der Waals surface area contributed by atoms with Gasteiger partial charge in [0.15, 0.2) is 13.6 Å². The van der Waals surface area contributed by atoms with E-state index in [0.29, 0.717) is 12.2 Å². The summed E-state index contributed by atoms with van der Waals surface area (Å²) in [5, 5.41) is 8.63. The monoisotopic (exact) mass is 768 g/mol. The molecule has 38 heavy (non-hydrogen) atoms. The Morgan fingerprint density at radius 1 is 0.737 bits per heavy atom. The summed E-state index contributed by atoms with van der Waals surface area (Å²) in [6.07, 6.45) is 0.587. The number of carbonyl (C=O) groups excluding carboxylic acids is 2. The molecule has 3 aromatic carbocycles. The average molecular weight is 768 g/mol. The van der Waals surface area contributed by atoms with Gasteiger partial charge in [-0.1, -0.05) is 104 Å². The van der Waals surface area contributed by atoms with Gasteiger partial charge < -0.3 is 24.8 Å². The minimum Gasteiger partial charge on any atom is -0.508 e. The third-order valence-corrected chi connectivity index (χ3v) is 2.78. The zero-order valence-electron chi connectivity index (χ0n) is 24.7. The fourth-order valence-corrected chi connectivity index (χ4v) is 1.60. The summed E-state index contributed by atoms with van der Waals surface area (Å²) in [6, 6.07) is 30.6. The normalized spacial score (nSPS) is 6.42. The van der Waals surface area contributed by atoms with Crippen molar-refractivity contribution in [1.82, 2.24) is 0 Å². The number of aromatic hydroxyl groups is 1. The van der Waals surface area contributed by atoms with E-state index in [0.717, 1.165) is 5.56 Å². The average Bonchev–Trinajstić information content (AvgIpc) is 2.89. The van der Waals surface area contributed by atoms with Crippen LogP contribution in [0.4, 0.5) is 0 Å². The Morgan fingerprint density at radius 3 is 1.21 bits per heavy atom. The van der Waals surface area contributed by atoms with Crippen LogP contribution in [0.25, 0.3) is 0 Å². The van der Waals surface area contributed by atoms with E-state index < -0.39 is 0 Å². The molecular formula is C32H52BO3WY-3. The molecule has 213 valence electrons. The summed E-state index contributed by atoms with van der Waals surface area (Å²) in [5.74, 6) is 0.531. The quantitative estimate of drug-likeness (QED) is 0.161. The fraction of sp³-hybridized carbons (Fsp3) is 0.312. The van der Waals surface area contributed by atoms with Gasteiger partial charge in [0.05, 0.1) is 5.68 Å². The zero-order chi connectivity index (χ0) is 26.3. The van der Waals surface area contributed by atoms with Crippen LogP contribution in [0.15, 0.2) is 91.0 Å². The van der Waals surface area contributed by atoms with Gasteiger partial charge >= 0.3 is 0 Å². The van der Waals surface area contributed by atoms with Crippen molar-refractivity contribution in [2.45, 2.75) is 69.2 Å². The molecule has 3 aromatic rings. The molecule has 0 unspecified atom stereocenters. The van der Waals surface area contributed by atoms with Crippen molar-refractivity contribution in [2.75, 3.05) is 0 Å². The summed E-state index contributed by atoms with van der Waals surface area (Å²) in [5.41, 5.74) is 0.477. The van der Waals surface area contributed by atoms with Crippen LogP contribution in [0, 0.1) is 20.9 Å². The van der Waals surface area contributed by atoms with Gasteiger partial charge in [-0.3, -0.25) is 4.79 Å². The Balaban J connectivity index is -0.0000000390. The maximum absolute atomic E-state index is 11.0. The minimum atomic E-state index is -0.333. The Morgan fingerprint density at radius 2 is 1.03 bits per heavy atom. The SMILES string of the molecule is C.CC.CC.CC.CCC(=O)c1ccccc1.Oc1ccccc1.[B]C(C)=O.[CH3-].[CH3-].[W].[Y].[c-]1ccccc1. The first-order chi connectivity index (χ1) is 16.0. The minimum absolute atomic E-state index is 0. The summed E-state index contributed by atoms with van der Waals surface area (Å²) < 4.78 is 0. The van der Waals surface area contributed by atoms with E-state index in [1.54, 1.807) is 24.3 Å². The van der Waals surface area contributed by atoms with Crippen molar-refractivity contribution in [3.63, 3.8) is 0 Å². The number of hydrogen-bond donors (Lipinski definition) is 1. The Bertz CT molecular complexity index is 714. The molecule has 0 aliphatic rings. The molecule has 0 saturated carbocycles. The van der Waals surface area contributed by atoms with E-state index in [4.69, 9.17) is 5.11 Å². The maximum Gasteiger partial charge on any atom is 0.167 e. The van der Waals surface area contributed by atoms with Crippen molar-refractivity contribution >= 4 is 19.3 Å². The molecule has 3 rings (SSSR count). The van der Waals surface area contributed by atoms with E-state index >= 15 is 0 Å². The van der Waals surface area contributed by atoms with Crippen LogP contribution in [0.1, 0.15) is 79.6 Å². The Kier molecular flexibility index (Phi) is 89.8. The number of phenolic OH excluding ortho intramolecular Hbond substituents is 1. The van der Waals surface area contributed by atoms with E-state index in [1.165, 1.54) is 6.92 Å². The molecule has 0 aliphatic heterocycles. The Hall–Kier alpha value is -1.34. The van der Waals surface area contributed by atoms with Crippen LogP contribution in [0.5, 0.6) is 5.75 Å². The second-order valence-electron chi connectivity index (χ2n) is 5.17. The van der Waals surface area contributed by atoms with Crippen molar-refractivity contribution < 1.29 is 68.5 Å². The summed E-state index contributed by atoms with van der Waals surface area (Å²) in [7, 11) is 4.47. The van der Waals surface area contributed by atoms with Gasteiger partial charge in [-0.2, -0.15) is 36.4 Å². The Labute approximate surface area is 278 Å². The largest absolute Gasteiger partial charge is 0.508 e. The fourth-order valence-electron chi connectivity index (χ4n) is 1.60. The predicted molar refractivity (Wildman–Crippen MR) is 164 cm³/mol. The number of benzene rings is 3. The van der Waals surface area contributed by atoms with Gasteiger partial charge in [-0.15, -0.1) is 0 Å². The van der Waals surface area contributed by atoms with Crippen LogP contribution < -0.4 is 0 Å². The molecular weight excluding hydrogens is 716 g/mol. The van der Waals surface area contributed by atoms with Crippen LogP contribution in [-0.2, 0) is 58.6 Å². The third-order valence-electron chi connectivity index (χ3n) is 2.78. The van der Waals surface area contributed by atoms with E-state index in [-0.39, 0.29) is 87.5 Å². The van der Waals surface area contributed by atoms with Gasteiger partial charge in [0.1, 0.15) is 5.75 Å². The molecule has 0 fully saturated rings. The van der Waals surface area contributed by atoms with E-state index in [2.05, 4.69) is 13.9 Å². The molecule has 3 nitrogen and oxygen atoms in total. The smallest absolute Gasteiger partial charge is 0.167 e. The van der Waals surface area contributed by atoms with E-state index in [9.17, 15) is 9.59 Å². The molecule has 0 amide bonds. The number of rotatable bonds is 2. The zero-order valence-corrected chi connectivity index (χ0v) is 30.5. The van der Waals surface area contributed by atoms with Crippen LogP contribution in [0.3, 0.4) is 0 Å². The number of Topliss-reactive ketones (excluding diaryl/α,β-unsaturated/α-hetero) is 1. The predicted octanol–water partition coefficient (Wildman–Crippen LogP) is 9.47. The molecule has 0 saturated heterocycles. The van der Waals surface area contributed by atoms with Crippen LogP contribution >= 0.6 is 0 Å². The molecule has 0 atom stereocenters. The topological polar surface area (TPSA) is 54.4 Å². The molecule has 0 heterocycles. The standard InChI is InChI=1S/C9H10O.C6H6O.C6H5.C2H3BO.3C2H6.CH4.2CH3.W.Y/c1-2-9(10)8-6-4-3-5-7-8;7-6-4-2-1-3-5-6;1-2-4-6-5-3-1;1-2(3)4;3*1-2;;;;;/h3-7H,2H2,1H3;1-5,7H;1-5H;1H3;3*1-2H3;1H4;2*1H3;;/q;;-1;;;;;;2*-1;;. The number of carbonyl (C=O) groups is 2. The number of para-hydroxylation sites is 1. The molecule has 3 radical (unpaired) electrons. The van der Waals surface area contributed by atoms with Crippen LogP contribution in [-0.4, -0.2) is 24.4 Å². The van der Waals surface area contributed by atoms with Crippen molar-refractivity contribution in [3.8, 4) is 5.75 Å². The summed E-state index contributed by atoms with van der Waals surface area (Å²) >= 11 is 0. The number of ketones is 1. The molecule has 0 spiro atoms. The molecule has 6 heteroatoms. The first-order valence-electron chi connectivity index (χ1n) is 11.5. The maximum atomic E-state index is 11.0. The first-order valence-corrected chi connectivity index (χ1v) is 11.5. The second kappa shape index (κ2) is 56.0. The van der Waals surface area contributed by atoms with Gasteiger partial charge in [-0.25, -0.2) is 0 Å². The van der Waals surface area contributed by atoms with Crippen molar-refractivity contribution in [3.05, 3.63) is 117 Å². The van der Waals surface area contributed by atoms with Crippen molar-refractivity contribution in [1.29, 1.82) is 0 Å². The van der Waals surface area contributed by atoms with Crippen LogP contribution in [0.2, 0.25) is 0 Å². The molecule has 1 N–H and O–H groups in total. The number of hydrogen-bond acceptors (Lipinski definition) is 3. The first kappa shape index (κ1) is 60.9. The third kappa shape index (κ3) is 55.2. The van der Waals surface area contributed by atoms with Gasteiger partial charge in [0.25, 0.3) is 0 Å². The molecule has 0 bridgehead atoms. The van der Waals surface area contributed by atoms with Crippen molar-refractivity contribution in [2.24, 2.45) is 0 Å². The molecule has 0 aliphatic carbocycles. The van der Waals surface area contributed by atoms with Gasteiger partial charge in [0.2, 0.25) is 0 Å².